The number of ether oxygens (including phenoxy) is 2. The fourth-order valence-corrected chi connectivity index (χ4v) is 3.16. The molecule has 0 bridgehead atoms. The van der Waals surface area contributed by atoms with Gasteiger partial charge in [0.1, 0.15) is 5.75 Å². The van der Waals surface area contributed by atoms with E-state index in [2.05, 4.69) is 68.9 Å². The third-order valence-electron chi connectivity index (χ3n) is 4.75. The number of fused-ring (bicyclic) bond motifs is 1. The maximum Gasteiger partial charge on any atom is 0.126 e. The molecule has 0 aliphatic carbocycles. The van der Waals surface area contributed by atoms with Crippen LogP contribution in [0.4, 0.5) is 0 Å². The maximum absolute atomic E-state index is 6.43. The lowest BCUT2D eigenvalue weighted by molar-refractivity contribution is -0.0686. The number of hydrogen-bond acceptors (Lipinski definition) is 2. The molecule has 1 aromatic carbocycles. The van der Waals surface area contributed by atoms with E-state index in [9.17, 15) is 0 Å². The lowest BCUT2D eigenvalue weighted by atomic mass is 9.81. The van der Waals surface area contributed by atoms with Crippen LogP contribution in [0.1, 0.15) is 39.4 Å². The van der Waals surface area contributed by atoms with E-state index >= 15 is 0 Å². The summed E-state index contributed by atoms with van der Waals surface area (Å²) in [5.74, 6) is 0.952. The van der Waals surface area contributed by atoms with E-state index in [0.29, 0.717) is 11.6 Å². The Kier molecular flexibility index (Phi) is 4.91. The predicted molar refractivity (Wildman–Crippen MR) is 95.0 cm³/mol. The molecule has 2 rings (SSSR count). The minimum absolute atomic E-state index is 0.00452. The molecule has 0 saturated carbocycles. The summed E-state index contributed by atoms with van der Waals surface area (Å²) < 4.78 is 13.4. The molecular formula is C17H27BrO2Si. The summed E-state index contributed by atoms with van der Waals surface area (Å²) in [6, 6.07) is 6.25. The van der Waals surface area contributed by atoms with Crippen molar-refractivity contribution in [3.8, 4) is 5.75 Å². The van der Waals surface area contributed by atoms with Crippen LogP contribution in [-0.2, 0) is 4.74 Å². The van der Waals surface area contributed by atoms with Crippen molar-refractivity contribution in [2.75, 3.05) is 13.2 Å². The van der Waals surface area contributed by atoms with E-state index in [4.69, 9.17) is 9.47 Å². The van der Waals surface area contributed by atoms with Gasteiger partial charge in [-0.3, -0.25) is 0 Å². The molecule has 21 heavy (non-hydrogen) atoms. The number of halogens is 1. The molecule has 1 heterocycles. The molecule has 118 valence electrons. The highest BCUT2D eigenvalue weighted by Crippen LogP contribution is 2.47. The van der Waals surface area contributed by atoms with E-state index in [1.807, 2.05) is 6.07 Å². The summed E-state index contributed by atoms with van der Waals surface area (Å²) in [6.45, 7) is 15.4. The Balaban J connectivity index is 2.24. The normalized spacial score (nSPS) is 21.0. The molecule has 0 saturated heterocycles. The second-order valence-electron chi connectivity index (χ2n) is 7.79. The van der Waals surface area contributed by atoms with Crippen molar-refractivity contribution >= 4 is 24.7 Å². The van der Waals surface area contributed by atoms with Crippen molar-refractivity contribution in [3.05, 3.63) is 28.2 Å². The maximum atomic E-state index is 6.43. The van der Waals surface area contributed by atoms with Crippen LogP contribution >= 0.6 is 15.9 Å². The molecular weight excluding hydrogens is 344 g/mol. The lowest BCUT2D eigenvalue weighted by Gasteiger charge is -2.41. The molecule has 0 amide bonds. The fourth-order valence-electron chi connectivity index (χ4n) is 2.39. The first-order chi connectivity index (χ1) is 9.63. The Bertz CT molecular complexity index is 512. The SMILES string of the molecule is C[SiH](C)C(C)(C)COC1c2ccc(Br)cc2OCC1(C)C. The number of benzene rings is 1. The molecule has 1 aromatic rings. The van der Waals surface area contributed by atoms with Crippen LogP contribution in [0.25, 0.3) is 0 Å². The number of hydrogen-bond donors (Lipinski definition) is 0. The molecule has 0 aromatic heterocycles. The smallest absolute Gasteiger partial charge is 0.126 e. The summed E-state index contributed by atoms with van der Waals surface area (Å²) in [6.07, 6.45) is 0.0985. The van der Waals surface area contributed by atoms with Gasteiger partial charge in [-0.05, 0) is 17.2 Å². The van der Waals surface area contributed by atoms with E-state index in [1.54, 1.807) is 0 Å². The molecule has 0 fully saturated rings. The van der Waals surface area contributed by atoms with E-state index in [-0.39, 0.29) is 11.5 Å². The van der Waals surface area contributed by atoms with Crippen molar-refractivity contribution in [2.45, 2.75) is 51.9 Å². The van der Waals surface area contributed by atoms with Gasteiger partial charge >= 0.3 is 0 Å². The van der Waals surface area contributed by atoms with Crippen LogP contribution in [0.5, 0.6) is 5.75 Å². The zero-order valence-electron chi connectivity index (χ0n) is 14.0. The molecule has 1 atom stereocenters. The topological polar surface area (TPSA) is 18.5 Å². The monoisotopic (exact) mass is 370 g/mol. The van der Waals surface area contributed by atoms with Gasteiger partial charge in [0.25, 0.3) is 0 Å². The summed E-state index contributed by atoms with van der Waals surface area (Å²) in [5.41, 5.74) is 1.17. The number of rotatable bonds is 4. The van der Waals surface area contributed by atoms with Crippen LogP contribution in [0.2, 0.25) is 18.1 Å². The summed E-state index contributed by atoms with van der Waals surface area (Å²) in [4.78, 5) is 0. The zero-order valence-corrected chi connectivity index (χ0v) is 16.7. The van der Waals surface area contributed by atoms with E-state index in [0.717, 1.165) is 16.8 Å². The van der Waals surface area contributed by atoms with Crippen molar-refractivity contribution in [3.63, 3.8) is 0 Å². The second-order valence-corrected chi connectivity index (χ2v) is 12.6. The molecule has 2 nitrogen and oxygen atoms in total. The highest BCUT2D eigenvalue weighted by molar-refractivity contribution is 9.10. The largest absolute Gasteiger partial charge is 0.492 e. The Morgan fingerprint density at radius 3 is 2.67 bits per heavy atom. The van der Waals surface area contributed by atoms with Gasteiger partial charge in [-0.25, -0.2) is 0 Å². The Labute approximate surface area is 139 Å². The molecule has 1 aliphatic rings. The molecule has 0 N–H and O–H groups in total. The van der Waals surface area contributed by atoms with Gasteiger partial charge in [0.2, 0.25) is 0 Å². The van der Waals surface area contributed by atoms with Crippen LogP contribution < -0.4 is 4.74 Å². The summed E-state index contributed by atoms with van der Waals surface area (Å²) >= 11 is 3.51. The average Bonchev–Trinajstić information content (AvgIpc) is 2.37. The minimum atomic E-state index is -0.753. The van der Waals surface area contributed by atoms with Crippen molar-refractivity contribution < 1.29 is 9.47 Å². The van der Waals surface area contributed by atoms with Gasteiger partial charge in [-0.15, -0.1) is 0 Å². The first-order valence-electron chi connectivity index (χ1n) is 7.67. The molecule has 4 heteroatoms. The molecule has 1 unspecified atom stereocenters. The lowest BCUT2D eigenvalue weighted by Crippen LogP contribution is -2.37. The Hall–Kier alpha value is -0.323. The highest BCUT2D eigenvalue weighted by atomic mass is 79.9. The first-order valence-corrected chi connectivity index (χ1v) is 11.4. The van der Waals surface area contributed by atoms with E-state index < -0.39 is 8.80 Å². The second kappa shape index (κ2) is 6.05. The minimum Gasteiger partial charge on any atom is -0.492 e. The van der Waals surface area contributed by atoms with Crippen LogP contribution in [0.15, 0.2) is 22.7 Å². The molecule has 0 spiro atoms. The highest BCUT2D eigenvalue weighted by Gasteiger charge is 2.39. The van der Waals surface area contributed by atoms with Crippen molar-refractivity contribution in [1.82, 2.24) is 0 Å². The third-order valence-corrected chi connectivity index (χ3v) is 8.54. The van der Waals surface area contributed by atoms with E-state index in [1.165, 1.54) is 5.56 Å². The van der Waals surface area contributed by atoms with Gasteiger partial charge < -0.3 is 9.47 Å². The average molecular weight is 371 g/mol. The predicted octanol–water partition coefficient (Wildman–Crippen LogP) is 5.19. The van der Waals surface area contributed by atoms with Crippen molar-refractivity contribution in [2.24, 2.45) is 5.41 Å². The Morgan fingerprint density at radius 1 is 1.38 bits per heavy atom. The van der Waals surface area contributed by atoms with Gasteiger partial charge in [-0.2, -0.15) is 0 Å². The summed E-state index contributed by atoms with van der Waals surface area (Å²) in [5, 5.41) is 0.309. The third kappa shape index (κ3) is 3.72. The summed E-state index contributed by atoms with van der Waals surface area (Å²) in [7, 11) is -0.753. The first kappa shape index (κ1) is 17.0. The van der Waals surface area contributed by atoms with Crippen LogP contribution in [0.3, 0.4) is 0 Å². The van der Waals surface area contributed by atoms with Gasteiger partial charge in [0.05, 0.1) is 12.7 Å². The molecule has 1 aliphatic heterocycles. The quantitative estimate of drug-likeness (QED) is 0.678. The standard InChI is InChI=1S/C17H27BrO2Si/c1-16(2)10-19-14-9-12(18)7-8-13(14)15(16)20-11-17(3,4)21(5)6/h7-9,15,21H,10-11H2,1-6H3. The van der Waals surface area contributed by atoms with Gasteiger partial charge in [0.15, 0.2) is 0 Å². The fraction of sp³-hybridized carbons (Fsp3) is 0.647. The van der Waals surface area contributed by atoms with Crippen LogP contribution in [0, 0.1) is 5.41 Å². The van der Waals surface area contributed by atoms with Gasteiger partial charge in [0, 0.05) is 30.9 Å². The zero-order chi connectivity index (χ0) is 15.8. The molecule has 0 radical (unpaired) electrons. The Morgan fingerprint density at radius 2 is 2.05 bits per heavy atom. The van der Waals surface area contributed by atoms with Crippen LogP contribution in [-0.4, -0.2) is 22.0 Å². The van der Waals surface area contributed by atoms with Gasteiger partial charge in [-0.1, -0.05) is 62.8 Å². The van der Waals surface area contributed by atoms with Crippen molar-refractivity contribution in [1.29, 1.82) is 0 Å².